The average Bonchev–Trinajstić information content (AvgIpc) is 3.26. The van der Waals surface area contributed by atoms with Gasteiger partial charge in [-0.3, -0.25) is 4.79 Å². The molecule has 0 unspecified atom stereocenters. The van der Waals surface area contributed by atoms with Crippen molar-refractivity contribution in [3.8, 4) is 17.3 Å². The number of hydrogen-bond acceptors (Lipinski definition) is 7. The summed E-state index contributed by atoms with van der Waals surface area (Å²) in [5.41, 5.74) is 1.12. The molecule has 0 saturated carbocycles. The van der Waals surface area contributed by atoms with Crippen molar-refractivity contribution in [3.63, 3.8) is 0 Å². The Morgan fingerprint density at radius 1 is 1.35 bits per heavy atom. The molecule has 0 bridgehead atoms. The van der Waals surface area contributed by atoms with E-state index in [4.69, 9.17) is 13.7 Å². The number of carbonyl (C=O) groups is 1. The van der Waals surface area contributed by atoms with Gasteiger partial charge in [0.25, 0.3) is 5.91 Å². The van der Waals surface area contributed by atoms with Gasteiger partial charge in [-0.2, -0.15) is 4.98 Å². The highest BCUT2D eigenvalue weighted by Crippen LogP contribution is 2.19. The molecule has 8 nitrogen and oxygen atoms in total. The zero-order chi connectivity index (χ0) is 16.2. The van der Waals surface area contributed by atoms with E-state index in [0.717, 1.165) is 0 Å². The van der Waals surface area contributed by atoms with Crippen LogP contribution < -0.4 is 10.1 Å². The summed E-state index contributed by atoms with van der Waals surface area (Å²) in [6.45, 7) is 1.75. The van der Waals surface area contributed by atoms with Gasteiger partial charge in [0, 0.05) is 17.8 Å². The first kappa shape index (κ1) is 14.8. The van der Waals surface area contributed by atoms with Crippen LogP contribution in [0.1, 0.15) is 29.2 Å². The van der Waals surface area contributed by atoms with Gasteiger partial charge in [-0.15, -0.1) is 0 Å². The SMILES string of the molecule is COc1ccc(-c2noc([C@@H](C)NC(=O)c3ccoc3)n2)cn1. The number of amides is 1. The van der Waals surface area contributed by atoms with Crippen LogP contribution in [-0.4, -0.2) is 28.1 Å². The van der Waals surface area contributed by atoms with Crippen molar-refractivity contribution in [2.75, 3.05) is 7.11 Å². The molecule has 1 atom stereocenters. The fraction of sp³-hybridized carbons (Fsp3) is 0.200. The number of furan rings is 1. The Labute approximate surface area is 131 Å². The number of ether oxygens (including phenoxy) is 1. The minimum atomic E-state index is -0.440. The Hall–Kier alpha value is -3.16. The smallest absolute Gasteiger partial charge is 0.255 e. The molecule has 1 amide bonds. The van der Waals surface area contributed by atoms with Crippen LogP contribution >= 0.6 is 0 Å². The van der Waals surface area contributed by atoms with E-state index in [-0.39, 0.29) is 5.91 Å². The third-order valence-electron chi connectivity index (χ3n) is 3.15. The monoisotopic (exact) mass is 314 g/mol. The molecule has 3 aromatic heterocycles. The van der Waals surface area contributed by atoms with Gasteiger partial charge in [0.15, 0.2) is 0 Å². The highest BCUT2D eigenvalue weighted by molar-refractivity contribution is 5.93. The number of carbonyl (C=O) groups excluding carboxylic acids is 1. The molecule has 0 aromatic carbocycles. The summed E-state index contributed by atoms with van der Waals surface area (Å²) < 4.78 is 15.1. The number of hydrogen-bond donors (Lipinski definition) is 1. The van der Waals surface area contributed by atoms with Gasteiger partial charge < -0.3 is 19.0 Å². The van der Waals surface area contributed by atoms with Gasteiger partial charge in [-0.25, -0.2) is 4.98 Å². The first-order valence-electron chi connectivity index (χ1n) is 6.84. The maximum absolute atomic E-state index is 12.0. The topological polar surface area (TPSA) is 103 Å². The molecular weight excluding hydrogens is 300 g/mol. The van der Waals surface area contributed by atoms with Crippen LogP contribution in [0, 0.1) is 0 Å². The lowest BCUT2D eigenvalue weighted by Crippen LogP contribution is -2.26. The molecule has 0 aliphatic carbocycles. The molecule has 0 fully saturated rings. The van der Waals surface area contributed by atoms with Gasteiger partial charge in [0.2, 0.25) is 17.6 Å². The second-order valence-electron chi connectivity index (χ2n) is 4.75. The van der Waals surface area contributed by atoms with Gasteiger partial charge in [-0.05, 0) is 19.1 Å². The van der Waals surface area contributed by atoms with E-state index < -0.39 is 6.04 Å². The van der Waals surface area contributed by atoms with Crippen molar-refractivity contribution in [2.24, 2.45) is 0 Å². The number of methoxy groups -OCH3 is 1. The Balaban J connectivity index is 1.71. The molecule has 118 valence electrons. The standard InChI is InChI=1S/C15H14N4O4/c1-9(17-14(20)11-5-6-22-8-11)15-18-13(19-23-15)10-3-4-12(21-2)16-7-10/h3-9H,1-2H3,(H,17,20)/t9-/m1/s1. The van der Waals surface area contributed by atoms with Gasteiger partial charge in [-0.1, -0.05) is 5.16 Å². The predicted octanol–water partition coefficient (Wildman–Crippen LogP) is 2.22. The van der Waals surface area contributed by atoms with E-state index in [1.807, 2.05) is 0 Å². The molecule has 3 rings (SSSR count). The lowest BCUT2D eigenvalue weighted by atomic mass is 10.2. The van der Waals surface area contributed by atoms with E-state index in [0.29, 0.717) is 28.7 Å². The summed E-state index contributed by atoms with van der Waals surface area (Å²) in [5.74, 6) is 0.905. The second-order valence-corrected chi connectivity index (χ2v) is 4.75. The normalized spacial score (nSPS) is 11.9. The van der Waals surface area contributed by atoms with Crippen molar-refractivity contribution < 1.29 is 18.5 Å². The zero-order valence-electron chi connectivity index (χ0n) is 12.5. The number of rotatable bonds is 5. The number of pyridine rings is 1. The van der Waals surface area contributed by atoms with Crippen molar-refractivity contribution in [2.45, 2.75) is 13.0 Å². The largest absolute Gasteiger partial charge is 0.481 e. The highest BCUT2D eigenvalue weighted by atomic mass is 16.5. The predicted molar refractivity (Wildman–Crippen MR) is 78.7 cm³/mol. The minimum Gasteiger partial charge on any atom is -0.481 e. The number of aromatic nitrogens is 3. The first-order valence-corrected chi connectivity index (χ1v) is 6.84. The Morgan fingerprint density at radius 2 is 2.22 bits per heavy atom. The molecule has 23 heavy (non-hydrogen) atoms. The number of nitrogens with zero attached hydrogens (tertiary/aromatic N) is 3. The van der Waals surface area contributed by atoms with Gasteiger partial charge >= 0.3 is 0 Å². The molecule has 0 aliphatic rings. The maximum Gasteiger partial charge on any atom is 0.255 e. The summed E-state index contributed by atoms with van der Waals surface area (Å²) in [6.07, 6.45) is 4.38. The molecule has 0 radical (unpaired) electrons. The Kier molecular flexibility index (Phi) is 4.05. The van der Waals surface area contributed by atoms with Crippen LogP contribution in [-0.2, 0) is 0 Å². The third-order valence-corrected chi connectivity index (χ3v) is 3.15. The summed E-state index contributed by atoms with van der Waals surface area (Å²) in [4.78, 5) is 20.3. The lowest BCUT2D eigenvalue weighted by Gasteiger charge is -2.07. The quantitative estimate of drug-likeness (QED) is 0.770. The summed E-state index contributed by atoms with van der Waals surface area (Å²) >= 11 is 0. The second kappa shape index (κ2) is 6.30. The van der Waals surface area contributed by atoms with Crippen LogP contribution in [0.15, 0.2) is 45.9 Å². The molecular formula is C15H14N4O4. The summed E-state index contributed by atoms with van der Waals surface area (Å²) in [5, 5.41) is 6.65. The van der Waals surface area contributed by atoms with Crippen LogP contribution in [0.25, 0.3) is 11.4 Å². The number of nitrogens with one attached hydrogen (secondary N) is 1. The molecule has 0 saturated heterocycles. The molecule has 0 spiro atoms. The third kappa shape index (κ3) is 3.20. The van der Waals surface area contributed by atoms with Gasteiger partial charge in [0.05, 0.1) is 18.9 Å². The summed E-state index contributed by atoms with van der Waals surface area (Å²) in [6, 6.07) is 4.61. The van der Waals surface area contributed by atoms with Crippen molar-refractivity contribution in [1.29, 1.82) is 0 Å². The fourth-order valence-corrected chi connectivity index (χ4v) is 1.90. The lowest BCUT2D eigenvalue weighted by molar-refractivity contribution is 0.0932. The summed E-state index contributed by atoms with van der Waals surface area (Å²) in [7, 11) is 1.54. The highest BCUT2D eigenvalue weighted by Gasteiger charge is 2.18. The molecule has 3 aromatic rings. The van der Waals surface area contributed by atoms with E-state index in [9.17, 15) is 4.79 Å². The van der Waals surface area contributed by atoms with Crippen LogP contribution in [0.4, 0.5) is 0 Å². The van der Waals surface area contributed by atoms with Crippen molar-refractivity contribution in [3.05, 3.63) is 48.4 Å². The fourth-order valence-electron chi connectivity index (χ4n) is 1.90. The molecule has 0 aliphatic heterocycles. The van der Waals surface area contributed by atoms with Crippen molar-refractivity contribution in [1.82, 2.24) is 20.4 Å². The Bertz CT molecular complexity index is 780. The van der Waals surface area contributed by atoms with Gasteiger partial charge in [0.1, 0.15) is 12.3 Å². The molecule has 3 heterocycles. The molecule has 8 heteroatoms. The zero-order valence-corrected chi connectivity index (χ0v) is 12.5. The Morgan fingerprint density at radius 3 is 2.87 bits per heavy atom. The van der Waals surface area contributed by atoms with Crippen LogP contribution in [0.5, 0.6) is 5.88 Å². The average molecular weight is 314 g/mol. The van der Waals surface area contributed by atoms with E-state index in [1.165, 1.54) is 12.5 Å². The van der Waals surface area contributed by atoms with E-state index >= 15 is 0 Å². The van der Waals surface area contributed by atoms with E-state index in [2.05, 4.69) is 20.4 Å². The van der Waals surface area contributed by atoms with Crippen LogP contribution in [0.2, 0.25) is 0 Å². The minimum absolute atomic E-state index is 0.280. The van der Waals surface area contributed by atoms with E-state index in [1.54, 1.807) is 38.4 Å². The molecule has 1 N–H and O–H groups in total. The maximum atomic E-state index is 12.0. The van der Waals surface area contributed by atoms with Crippen molar-refractivity contribution >= 4 is 5.91 Å². The van der Waals surface area contributed by atoms with Crippen LogP contribution in [0.3, 0.4) is 0 Å². The first-order chi connectivity index (χ1) is 11.2.